The van der Waals surface area contributed by atoms with Crippen LogP contribution in [0.15, 0.2) is 76.6 Å². The second-order valence-corrected chi connectivity index (χ2v) is 12.8. The maximum absolute atomic E-state index is 13.3. The molecule has 2 aliphatic carbocycles. The first-order chi connectivity index (χ1) is 17.6. The first-order valence-electron chi connectivity index (χ1n) is 12.5. The van der Waals surface area contributed by atoms with Gasteiger partial charge in [0.2, 0.25) is 5.91 Å². The van der Waals surface area contributed by atoms with E-state index >= 15 is 0 Å². The number of fused-ring (bicyclic) bond motifs is 7. The maximum atomic E-state index is 13.3. The van der Waals surface area contributed by atoms with Crippen molar-refractivity contribution >= 4 is 57.1 Å². The first-order valence-corrected chi connectivity index (χ1v) is 14.6. The van der Waals surface area contributed by atoms with Gasteiger partial charge in [0, 0.05) is 32.1 Å². The van der Waals surface area contributed by atoms with Crippen LogP contribution in [0, 0.1) is 17.8 Å². The highest BCUT2D eigenvalue weighted by atomic mass is 35.5. The number of hydrogen-bond donors (Lipinski definition) is 1. The Morgan fingerprint density at radius 2 is 1.78 bits per heavy atom. The molecule has 0 unspecified atom stereocenters. The van der Waals surface area contributed by atoms with Crippen molar-refractivity contribution in [2.24, 2.45) is 17.8 Å². The first kappa shape index (κ1) is 22.6. The van der Waals surface area contributed by atoms with Crippen LogP contribution in [0.25, 0.3) is 10.8 Å². The number of amides is 1. The Kier molecular flexibility index (Phi) is 5.53. The van der Waals surface area contributed by atoms with Gasteiger partial charge in [-0.1, -0.05) is 71.5 Å². The van der Waals surface area contributed by atoms with Crippen LogP contribution in [-0.2, 0) is 11.3 Å². The Morgan fingerprint density at radius 1 is 1.00 bits per heavy atom. The fourth-order valence-electron chi connectivity index (χ4n) is 6.80. The number of anilines is 1. The standard InChI is InChI=1S/C29H25ClN2O2S2/c30-20-12-10-17(11-13-20)24-25-18-8-9-19(14-18)26(25)35-28-27(24)36-29(34)32(28)15-23(33)31-22-7-3-5-16-4-1-2-6-21(16)22/h1-7,10-13,18-19,24-26H,8-9,14-15H2,(H,31,33)/t18-,19-,24-,25-,26+/m0/s1. The molecule has 1 amide bonds. The minimum absolute atomic E-state index is 0.0275. The maximum Gasteiger partial charge on any atom is 0.308 e. The normalized spacial score (nSPS) is 26.1. The quantitative estimate of drug-likeness (QED) is 0.307. The van der Waals surface area contributed by atoms with Gasteiger partial charge in [0.1, 0.15) is 6.54 Å². The fourth-order valence-corrected chi connectivity index (χ4v) is 10.1. The molecule has 3 aliphatic rings. The van der Waals surface area contributed by atoms with E-state index in [1.54, 1.807) is 4.57 Å². The molecule has 0 saturated heterocycles. The SMILES string of the molecule is O=C(Cn1c2c(sc1=O)[C@@H](c1ccc(Cl)cc1)[C@@H]1[C@H]3CC[C@@H](C3)[C@H]1S2)Nc1cccc2ccccc12. The smallest absolute Gasteiger partial charge is 0.308 e. The van der Waals surface area contributed by atoms with Gasteiger partial charge in [-0.15, -0.1) is 11.8 Å². The van der Waals surface area contributed by atoms with Crippen molar-refractivity contribution in [2.45, 2.75) is 42.0 Å². The molecule has 0 radical (unpaired) electrons. The summed E-state index contributed by atoms with van der Waals surface area (Å²) in [7, 11) is 0. The Bertz CT molecular complexity index is 1540. The Labute approximate surface area is 222 Å². The largest absolute Gasteiger partial charge is 0.324 e. The summed E-state index contributed by atoms with van der Waals surface area (Å²) in [5.41, 5.74) is 2.01. The number of halogens is 1. The molecule has 36 heavy (non-hydrogen) atoms. The lowest BCUT2D eigenvalue weighted by molar-refractivity contribution is -0.116. The van der Waals surface area contributed by atoms with E-state index in [1.807, 2.05) is 66.4 Å². The van der Waals surface area contributed by atoms with Crippen molar-refractivity contribution in [2.75, 3.05) is 5.32 Å². The monoisotopic (exact) mass is 532 g/mol. The molecule has 0 spiro atoms. The van der Waals surface area contributed by atoms with Gasteiger partial charge in [-0.25, -0.2) is 0 Å². The van der Waals surface area contributed by atoms with Crippen LogP contribution in [0.4, 0.5) is 5.69 Å². The van der Waals surface area contributed by atoms with Crippen molar-refractivity contribution in [1.29, 1.82) is 0 Å². The predicted molar refractivity (Wildman–Crippen MR) is 148 cm³/mol. The number of nitrogens with one attached hydrogen (secondary N) is 1. The lowest BCUT2D eigenvalue weighted by Gasteiger charge is -2.40. The summed E-state index contributed by atoms with van der Waals surface area (Å²) in [5.74, 6) is 1.97. The van der Waals surface area contributed by atoms with Crippen molar-refractivity contribution in [3.63, 3.8) is 0 Å². The van der Waals surface area contributed by atoms with E-state index in [1.165, 1.54) is 36.2 Å². The summed E-state index contributed by atoms with van der Waals surface area (Å²) in [5, 5.41) is 7.35. The van der Waals surface area contributed by atoms with Crippen LogP contribution in [-0.4, -0.2) is 15.7 Å². The molecule has 2 saturated carbocycles. The van der Waals surface area contributed by atoms with Gasteiger partial charge in [-0.05, 0) is 66.2 Å². The topological polar surface area (TPSA) is 51.1 Å². The van der Waals surface area contributed by atoms with E-state index in [-0.39, 0.29) is 23.2 Å². The van der Waals surface area contributed by atoms with E-state index in [4.69, 9.17) is 11.6 Å². The average molecular weight is 533 g/mol. The second-order valence-electron chi connectivity index (χ2n) is 10.2. The molecule has 1 aliphatic heterocycles. The summed E-state index contributed by atoms with van der Waals surface area (Å²) in [4.78, 5) is 27.6. The molecule has 4 aromatic rings. The van der Waals surface area contributed by atoms with Crippen LogP contribution in [0.1, 0.15) is 35.6 Å². The van der Waals surface area contributed by atoms with Crippen LogP contribution >= 0.6 is 34.7 Å². The number of rotatable bonds is 4. The molecule has 7 heteroatoms. The lowest BCUT2D eigenvalue weighted by atomic mass is 9.75. The number of thiazole rings is 1. The number of carbonyl (C=O) groups excluding carboxylic acids is 1. The third-order valence-electron chi connectivity index (χ3n) is 8.29. The number of thioether (sulfide) groups is 1. The van der Waals surface area contributed by atoms with Gasteiger partial charge in [-0.3, -0.25) is 14.2 Å². The molecular weight excluding hydrogens is 508 g/mol. The van der Waals surface area contributed by atoms with Crippen LogP contribution in [0.5, 0.6) is 0 Å². The Balaban J connectivity index is 1.25. The van der Waals surface area contributed by atoms with Crippen molar-refractivity contribution in [3.05, 3.63) is 91.9 Å². The number of carbonyl (C=O) groups is 1. The Hall–Kier alpha value is -2.54. The van der Waals surface area contributed by atoms with E-state index in [0.717, 1.165) is 31.4 Å². The molecule has 1 N–H and O–H groups in total. The molecule has 5 atom stereocenters. The summed E-state index contributed by atoms with van der Waals surface area (Å²) >= 11 is 9.40. The van der Waals surface area contributed by atoms with E-state index in [2.05, 4.69) is 17.4 Å². The molecule has 2 bridgehead atoms. The zero-order chi connectivity index (χ0) is 24.4. The van der Waals surface area contributed by atoms with Gasteiger partial charge in [0.25, 0.3) is 0 Å². The third-order valence-corrected chi connectivity index (χ3v) is 11.4. The van der Waals surface area contributed by atoms with Crippen molar-refractivity contribution in [3.8, 4) is 0 Å². The predicted octanol–water partition coefficient (Wildman–Crippen LogP) is 7.01. The molecular formula is C29H25ClN2O2S2. The highest BCUT2D eigenvalue weighted by Crippen LogP contribution is 2.64. The average Bonchev–Trinajstić information content (AvgIpc) is 3.58. The number of nitrogens with zero attached hydrogens (tertiary/aromatic N) is 1. The zero-order valence-corrected chi connectivity index (χ0v) is 21.9. The van der Waals surface area contributed by atoms with E-state index in [0.29, 0.717) is 23.0 Å². The minimum atomic E-state index is -0.173. The Morgan fingerprint density at radius 3 is 2.64 bits per heavy atom. The third kappa shape index (κ3) is 3.65. The number of hydrogen-bond acceptors (Lipinski definition) is 4. The van der Waals surface area contributed by atoms with Crippen LogP contribution in [0.3, 0.4) is 0 Å². The minimum Gasteiger partial charge on any atom is -0.324 e. The molecule has 4 nitrogen and oxygen atoms in total. The zero-order valence-electron chi connectivity index (χ0n) is 19.5. The van der Waals surface area contributed by atoms with E-state index in [9.17, 15) is 9.59 Å². The number of aromatic nitrogens is 1. The van der Waals surface area contributed by atoms with Gasteiger partial charge in [0.05, 0.1) is 5.03 Å². The van der Waals surface area contributed by atoms with Gasteiger partial charge in [0.15, 0.2) is 0 Å². The second kappa shape index (κ2) is 8.79. The number of benzene rings is 3. The summed E-state index contributed by atoms with van der Waals surface area (Å²) in [6.45, 7) is 0.0275. The van der Waals surface area contributed by atoms with E-state index < -0.39 is 0 Å². The molecule has 7 rings (SSSR count). The summed E-state index contributed by atoms with van der Waals surface area (Å²) < 4.78 is 1.72. The van der Waals surface area contributed by atoms with Gasteiger partial charge >= 0.3 is 4.87 Å². The molecule has 1 aromatic heterocycles. The highest BCUT2D eigenvalue weighted by molar-refractivity contribution is 8.00. The van der Waals surface area contributed by atoms with Crippen molar-refractivity contribution < 1.29 is 4.79 Å². The van der Waals surface area contributed by atoms with Gasteiger partial charge in [-0.2, -0.15) is 0 Å². The molecule has 3 aromatic carbocycles. The van der Waals surface area contributed by atoms with Crippen LogP contribution < -0.4 is 10.2 Å². The summed E-state index contributed by atoms with van der Waals surface area (Å²) in [6.07, 6.45) is 3.85. The summed E-state index contributed by atoms with van der Waals surface area (Å²) in [6, 6.07) is 22.0. The van der Waals surface area contributed by atoms with Crippen molar-refractivity contribution in [1.82, 2.24) is 4.57 Å². The molecule has 2 heterocycles. The lowest BCUT2D eigenvalue weighted by Crippen LogP contribution is -2.34. The van der Waals surface area contributed by atoms with Gasteiger partial charge < -0.3 is 5.32 Å². The van der Waals surface area contributed by atoms with Crippen LogP contribution in [0.2, 0.25) is 5.02 Å². The fraction of sp³-hybridized carbons (Fsp3) is 0.310. The molecule has 182 valence electrons. The highest BCUT2D eigenvalue weighted by Gasteiger charge is 2.55. The molecule has 2 fully saturated rings.